The molecule has 7 heteroatoms. The molecule has 0 aliphatic rings. The van der Waals surface area contributed by atoms with Crippen LogP contribution in [0.4, 0.5) is 0 Å². The van der Waals surface area contributed by atoms with E-state index >= 15 is 0 Å². The molecule has 22 heavy (non-hydrogen) atoms. The molecule has 120 valence electrons. The second-order valence-electron chi connectivity index (χ2n) is 5.91. The van der Waals surface area contributed by atoms with E-state index in [-0.39, 0.29) is 22.4 Å². The Bertz CT molecular complexity index is 828. The molecule has 5 nitrogen and oxygen atoms in total. The summed E-state index contributed by atoms with van der Waals surface area (Å²) in [4.78, 5) is 38.2. The van der Waals surface area contributed by atoms with E-state index in [4.69, 9.17) is 0 Å². The van der Waals surface area contributed by atoms with Gasteiger partial charge in [-0.2, -0.15) is 0 Å². The van der Waals surface area contributed by atoms with Gasteiger partial charge in [0, 0.05) is 23.7 Å². The minimum atomic E-state index is -0.328. The summed E-state index contributed by atoms with van der Waals surface area (Å²) in [5.74, 6) is 0.265. The van der Waals surface area contributed by atoms with Gasteiger partial charge < -0.3 is 0 Å². The molecular formula is C15H20N2O3S2. The molecule has 0 radical (unpaired) electrons. The summed E-state index contributed by atoms with van der Waals surface area (Å²) in [5, 5.41) is 0.736. The van der Waals surface area contributed by atoms with Crippen molar-refractivity contribution in [1.29, 1.82) is 0 Å². The van der Waals surface area contributed by atoms with Gasteiger partial charge >= 0.3 is 5.69 Å². The van der Waals surface area contributed by atoms with Crippen LogP contribution >= 0.6 is 23.1 Å². The Labute approximate surface area is 137 Å². The monoisotopic (exact) mass is 340 g/mol. The van der Waals surface area contributed by atoms with Gasteiger partial charge in [0.2, 0.25) is 0 Å². The third-order valence-corrected chi connectivity index (χ3v) is 5.56. The van der Waals surface area contributed by atoms with Crippen molar-refractivity contribution in [3.8, 4) is 0 Å². The molecule has 2 heterocycles. The molecule has 2 aromatic heterocycles. The van der Waals surface area contributed by atoms with Gasteiger partial charge in [-0.3, -0.25) is 18.7 Å². The van der Waals surface area contributed by atoms with E-state index in [0.717, 1.165) is 10.9 Å². The lowest BCUT2D eigenvalue weighted by atomic mass is 10.2. The SMILES string of the molecule is CC(C)Cn1c(=O)n(C)c(=O)c2c(SC(C)C)c(C=O)sc21. The molecule has 0 unspecified atom stereocenters. The number of hydrogen-bond donors (Lipinski definition) is 0. The van der Waals surface area contributed by atoms with E-state index in [1.165, 1.54) is 30.1 Å². The first-order valence-electron chi connectivity index (χ1n) is 7.16. The van der Waals surface area contributed by atoms with Crippen molar-refractivity contribution < 1.29 is 4.79 Å². The highest BCUT2D eigenvalue weighted by Gasteiger charge is 2.22. The molecule has 0 saturated heterocycles. The average molecular weight is 340 g/mol. The van der Waals surface area contributed by atoms with Crippen molar-refractivity contribution >= 4 is 39.6 Å². The van der Waals surface area contributed by atoms with Crippen LogP contribution in [0.15, 0.2) is 14.5 Å². The smallest absolute Gasteiger partial charge is 0.297 e. The van der Waals surface area contributed by atoms with E-state index in [2.05, 4.69) is 0 Å². The minimum Gasteiger partial charge on any atom is -0.297 e. The van der Waals surface area contributed by atoms with Crippen LogP contribution in [0.3, 0.4) is 0 Å². The summed E-state index contributed by atoms with van der Waals surface area (Å²) in [6.45, 7) is 8.57. The van der Waals surface area contributed by atoms with Crippen molar-refractivity contribution in [1.82, 2.24) is 9.13 Å². The number of rotatable bonds is 5. The van der Waals surface area contributed by atoms with E-state index in [0.29, 0.717) is 26.5 Å². The quantitative estimate of drug-likeness (QED) is 0.620. The maximum Gasteiger partial charge on any atom is 0.331 e. The Kier molecular flexibility index (Phi) is 4.97. The second kappa shape index (κ2) is 6.42. The first kappa shape index (κ1) is 17.0. The van der Waals surface area contributed by atoms with Crippen molar-refractivity contribution in [2.24, 2.45) is 13.0 Å². The minimum absolute atomic E-state index is 0.242. The lowest BCUT2D eigenvalue weighted by molar-refractivity contribution is 0.112. The highest BCUT2D eigenvalue weighted by atomic mass is 32.2. The van der Waals surface area contributed by atoms with Crippen LogP contribution in [0.2, 0.25) is 0 Å². The van der Waals surface area contributed by atoms with Crippen LogP contribution in [0.5, 0.6) is 0 Å². The zero-order valence-electron chi connectivity index (χ0n) is 13.4. The van der Waals surface area contributed by atoms with Crippen LogP contribution in [-0.2, 0) is 13.6 Å². The maximum absolute atomic E-state index is 12.5. The van der Waals surface area contributed by atoms with Crippen LogP contribution < -0.4 is 11.2 Å². The van der Waals surface area contributed by atoms with Crippen molar-refractivity contribution in [2.75, 3.05) is 0 Å². The molecule has 0 bridgehead atoms. The fourth-order valence-corrected chi connectivity index (χ4v) is 4.56. The summed E-state index contributed by atoms with van der Waals surface area (Å²) in [6, 6.07) is 0. The van der Waals surface area contributed by atoms with Gasteiger partial charge in [-0.05, 0) is 5.92 Å². The Morgan fingerprint density at radius 2 is 1.86 bits per heavy atom. The fourth-order valence-electron chi connectivity index (χ4n) is 2.28. The average Bonchev–Trinajstić information content (AvgIpc) is 2.78. The highest BCUT2D eigenvalue weighted by Crippen LogP contribution is 2.37. The van der Waals surface area contributed by atoms with Crippen LogP contribution in [0.25, 0.3) is 10.2 Å². The Balaban J connectivity index is 2.93. The number of fused-ring (bicyclic) bond motifs is 1. The Morgan fingerprint density at radius 1 is 1.23 bits per heavy atom. The molecule has 0 aliphatic heterocycles. The van der Waals surface area contributed by atoms with Crippen molar-refractivity contribution in [2.45, 2.75) is 44.4 Å². The second-order valence-corrected chi connectivity index (χ2v) is 8.53. The molecule has 0 aromatic carbocycles. The van der Waals surface area contributed by atoms with Crippen LogP contribution in [0.1, 0.15) is 37.4 Å². The predicted octanol–water partition coefficient (Wildman–Crippen LogP) is 2.73. The molecule has 0 fully saturated rings. The number of aromatic nitrogens is 2. The third-order valence-electron chi connectivity index (χ3n) is 3.16. The number of aldehydes is 1. The summed E-state index contributed by atoms with van der Waals surface area (Å²) in [6.07, 6.45) is 0.777. The first-order chi connectivity index (χ1) is 10.3. The molecule has 0 saturated carbocycles. The molecule has 0 spiro atoms. The molecule has 0 atom stereocenters. The first-order valence-corrected chi connectivity index (χ1v) is 8.85. The van der Waals surface area contributed by atoms with Gasteiger partial charge in [-0.15, -0.1) is 23.1 Å². The molecule has 0 N–H and O–H groups in total. The lowest BCUT2D eigenvalue weighted by Crippen LogP contribution is -2.38. The number of carbonyl (C=O) groups excluding carboxylic acids is 1. The Morgan fingerprint density at radius 3 is 2.36 bits per heavy atom. The van der Waals surface area contributed by atoms with E-state index in [1.807, 2.05) is 27.7 Å². The molecule has 0 amide bonds. The normalized spacial score (nSPS) is 11.8. The van der Waals surface area contributed by atoms with E-state index in [9.17, 15) is 14.4 Å². The number of thiophene rings is 1. The molecule has 2 aromatic rings. The number of carbonyl (C=O) groups is 1. The van der Waals surface area contributed by atoms with Crippen molar-refractivity contribution in [3.05, 3.63) is 25.7 Å². The molecule has 0 aliphatic carbocycles. The van der Waals surface area contributed by atoms with Crippen LogP contribution in [0, 0.1) is 5.92 Å². The zero-order valence-corrected chi connectivity index (χ0v) is 15.0. The van der Waals surface area contributed by atoms with Crippen molar-refractivity contribution in [3.63, 3.8) is 0 Å². The topological polar surface area (TPSA) is 61.1 Å². The van der Waals surface area contributed by atoms with Gasteiger partial charge in [0.15, 0.2) is 6.29 Å². The zero-order chi connectivity index (χ0) is 16.6. The standard InChI is InChI=1S/C15H20N2O3S2/c1-8(2)6-17-14-11(13(19)16(5)15(17)20)12(21-9(3)4)10(7-18)22-14/h7-9H,6H2,1-5H3. The Hall–Kier alpha value is -1.34. The summed E-state index contributed by atoms with van der Waals surface area (Å²) in [7, 11) is 1.49. The number of thioether (sulfide) groups is 1. The summed E-state index contributed by atoms with van der Waals surface area (Å²) < 4.78 is 2.75. The fraction of sp³-hybridized carbons (Fsp3) is 0.533. The largest absolute Gasteiger partial charge is 0.331 e. The van der Waals surface area contributed by atoms with Gasteiger partial charge in [0.1, 0.15) is 4.83 Å². The van der Waals surface area contributed by atoms with Gasteiger partial charge in [-0.25, -0.2) is 4.79 Å². The lowest BCUT2D eigenvalue weighted by Gasteiger charge is -2.12. The number of nitrogens with zero attached hydrogens (tertiary/aromatic N) is 2. The number of hydrogen-bond acceptors (Lipinski definition) is 5. The van der Waals surface area contributed by atoms with E-state index in [1.54, 1.807) is 4.57 Å². The highest BCUT2D eigenvalue weighted by molar-refractivity contribution is 8.00. The summed E-state index contributed by atoms with van der Waals surface area (Å²) >= 11 is 2.72. The summed E-state index contributed by atoms with van der Waals surface area (Å²) in [5.41, 5.74) is -0.654. The van der Waals surface area contributed by atoms with E-state index < -0.39 is 0 Å². The van der Waals surface area contributed by atoms with Gasteiger partial charge in [-0.1, -0.05) is 27.7 Å². The molecular weight excluding hydrogens is 320 g/mol. The maximum atomic E-state index is 12.5. The predicted molar refractivity (Wildman–Crippen MR) is 92.5 cm³/mol. The van der Waals surface area contributed by atoms with Gasteiger partial charge in [0.05, 0.1) is 10.3 Å². The molecule has 2 rings (SSSR count). The van der Waals surface area contributed by atoms with Gasteiger partial charge in [0.25, 0.3) is 5.56 Å². The third kappa shape index (κ3) is 2.92. The van der Waals surface area contributed by atoms with Crippen LogP contribution in [-0.4, -0.2) is 20.7 Å².